The predicted molar refractivity (Wildman–Crippen MR) is 115 cm³/mol. The fourth-order valence-corrected chi connectivity index (χ4v) is 4.02. The lowest BCUT2D eigenvalue weighted by Gasteiger charge is -2.34. The average Bonchev–Trinajstić information content (AvgIpc) is 3.03. The van der Waals surface area contributed by atoms with Crippen LogP contribution < -0.4 is 10.6 Å². The van der Waals surface area contributed by atoms with Gasteiger partial charge in [0.25, 0.3) is 0 Å². The van der Waals surface area contributed by atoms with E-state index in [2.05, 4.69) is 15.7 Å². The van der Waals surface area contributed by atoms with Crippen LogP contribution in [0.25, 0.3) is 5.69 Å². The first kappa shape index (κ1) is 20.7. The van der Waals surface area contributed by atoms with Crippen molar-refractivity contribution in [2.45, 2.75) is 19.9 Å². The van der Waals surface area contributed by atoms with E-state index in [0.717, 1.165) is 22.6 Å². The molecule has 8 heteroatoms. The quantitative estimate of drug-likeness (QED) is 0.664. The van der Waals surface area contributed by atoms with Crippen LogP contribution >= 0.6 is 0 Å². The Morgan fingerprint density at radius 3 is 2.71 bits per heavy atom. The SMILES string of the molecule is Cc1nn(-c2ccccc2)c(C)c1[C@@H]1C(=O)NCCN1CC(=O)Nc1cccc(F)c1. The number of amides is 2. The molecule has 1 saturated heterocycles. The summed E-state index contributed by atoms with van der Waals surface area (Å²) in [4.78, 5) is 27.3. The molecule has 0 saturated carbocycles. The Morgan fingerprint density at radius 1 is 1.19 bits per heavy atom. The maximum Gasteiger partial charge on any atom is 0.242 e. The smallest absolute Gasteiger partial charge is 0.242 e. The summed E-state index contributed by atoms with van der Waals surface area (Å²) >= 11 is 0. The number of para-hydroxylation sites is 1. The van der Waals surface area contributed by atoms with Gasteiger partial charge in [0, 0.05) is 30.0 Å². The molecular formula is C23H24FN5O2. The minimum absolute atomic E-state index is 0.00397. The number of halogens is 1. The summed E-state index contributed by atoms with van der Waals surface area (Å²) in [6.45, 7) is 4.77. The number of nitrogens with one attached hydrogen (secondary N) is 2. The van der Waals surface area contributed by atoms with Crippen molar-refractivity contribution in [1.82, 2.24) is 20.0 Å². The summed E-state index contributed by atoms with van der Waals surface area (Å²) in [5, 5.41) is 10.2. The highest BCUT2D eigenvalue weighted by atomic mass is 19.1. The molecule has 160 valence electrons. The number of anilines is 1. The monoisotopic (exact) mass is 421 g/mol. The lowest BCUT2D eigenvalue weighted by Crippen LogP contribution is -2.52. The Kier molecular flexibility index (Phi) is 5.81. The second-order valence-corrected chi connectivity index (χ2v) is 7.55. The zero-order valence-corrected chi connectivity index (χ0v) is 17.4. The molecule has 3 aromatic rings. The summed E-state index contributed by atoms with van der Waals surface area (Å²) in [5.41, 5.74) is 3.66. The number of rotatable bonds is 5. The van der Waals surface area contributed by atoms with Gasteiger partial charge in [-0.05, 0) is 44.2 Å². The van der Waals surface area contributed by atoms with Crippen molar-refractivity contribution in [3.8, 4) is 5.69 Å². The molecule has 0 radical (unpaired) electrons. The van der Waals surface area contributed by atoms with Crippen molar-refractivity contribution < 1.29 is 14.0 Å². The molecule has 0 aliphatic carbocycles. The molecule has 1 aromatic heterocycles. The Hall–Kier alpha value is -3.52. The molecule has 1 atom stereocenters. The number of carbonyl (C=O) groups excluding carboxylic acids is 2. The molecule has 1 fully saturated rings. The second kappa shape index (κ2) is 8.69. The molecule has 0 bridgehead atoms. The van der Waals surface area contributed by atoms with Gasteiger partial charge in [0.1, 0.15) is 11.9 Å². The lowest BCUT2D eigenvalue weighted by molar-refractivity contribution is -0.130. The highest BCUT2D eigenvalue weighted by Crippen LogP contribution is 2.30. The van der Waals surface area contributed by atoms with Gasteiger partial charge in [0.2, 0.25) is 11.8 Å². The van der Waals surface area contributed by atoms with Crippen LogP contribution in [-0.4, -0.2) is 46.1 Å². The fraction of sp³-hybridized carbons (Fsp3) is 0.261. The molecule has 2 aromatic carbocycles. The average molecular weight is 421 g/mol. The number of piperazine rings is 1. The number of aromatic nitrogens is 2. The Morgan fingerprint density at radius 2 is 1.97 bits per heavy atom. The lowest BCUT2D eigenvalue weighted by atomic mass is 10.00. The number of carbonyl (C=O) groups is 2. The van der Waals surface area contributed by atoms with Crippen LogP contribution in [0.5, 0.6) is 0 Å². The molecule has 1 aliphatic heterocycles. The van der Waals surface area contributed by atoms with E-state index >= 15 is 0 Å². The van der Waals surface area contributed by atoms with E-state index in [0.29, 0.717) is 18.8 Å². The van der Waals surface area contributed by atoms with Crippen molar-refractivity contribution in [3.05, 3.63) is 77.4 Å². The van der Waals surface area contributed by atoms with Crippen LogP contribution in [0.4, 0.5) is 10.1 Å². The minimum atomic E-state index is -0.635. The number of aryl methyl sites for hydroxylation is 1. The van der Waals surface area contributed by atoms with Gasteiger partial charge in [-0.25, -0.2) is 9.07 Å². The van der Waals surface area contributed by atoms with Crippen LogP contribution in [0, 0.1) is 19.7 Å². The zero-order chi connectivity index (χ0) is 22.0. The van der Waals surface area contributed by atoms with Crippen LogP contribution in [-0.2, 0) is 9.59 Å². The normalized spacial score (nSPS) is 16.7. The number of nitrogens with zero attached hydrogens (tertiary/aromatic N) is 3. The van der Waals surface area contributed by atoms with Gasteiger partial charge in [-0.15, -0.1) is 0 Å². The molecule has 1 aliphatic rings. The Balaban J connectivity index is 1.60. The summed E-state index contributed by atoms with van der Waals surface area (Å²) in [5.74, 6) is -0.896. The van der Waals surface area contributed by atoms with Crippen molar-refractivity contribution in [2.24, 2.45) is 0 Å². The predicted octanol–water partition coefficient (Wildman–Crippen LogP) is 2.74. The van der Waals surface area contributed by atoms with E-state index in [1.54, 1.807) is 6.07 Å². The molecule has 0 unspecified atom stereocenters. The maximum atomic E-state index is 13.4. The molecule has 4 rings (SSSR count). The minimum Gasteiger partial charge on any atom is -0.353 e. The van der Waals surface area contributed by atoms with Crippen LogP contribution in [0.2, 0.25) is 0 Å². The van der Waals surface area contributed by atoms with Crippen molar-refractivity contribution in [1.29, 1.82) is 0 Å². The topological polar surface area (TPSA) is 79.3 Å². The van der Waals surface area contributed by atoms with Crippen LogP contribution in [0.3, 0.4) is 0 Å². The summed E-state index contributed by atoms with van der Waals surface area (Å²) in [6.07, 6.45) is 0. The first-order valence-corrected chi connectivity index (χ1v) is 10.1. The van der Waals surface area contributed by atoms with Gasteiger partial charge >= 0.3 is 0 Å². The third-order valence-electron chi connectivity index (χ3n) is 5.39. The van der Waals surface area contributed by atoms with E-state index in [1.807, 2.05) is 53.8 Å². The van der Waals surface area contributed by atoms with Crippen molar-refractivity contribution >= 4 is 17.5 Å². The third-order valence-corrected chi connectivity index (χ3v) is 5.39. The molecular weight excluding hydrogens is 397 g/mol. The molecule has 2 N–H and O–H groups in total. The van der Waals surface area contributed by atoms with E-state index < -0.39 is 11.9 Å². The highest BCUT2D eigenvalue weighted by molar-refractivity contribution is 5.93. The third kappa shape index (κ3) is 4.34. The second-order valence-electron chi connectivity index (χ2n) is 7.55. The van der Waals surface area contributed by atoms with E-state index in [9.17, 15) is 14.0 Å². The number of benzene rings is 2. The largest absolute Gasteiger partial charge is 0.353 e. The molecule has 31 heavy (non-hydrogen) atoms. The molecule has 0 spiro atoms. The first-order chi connectivity index (χ1) is 14.9. The standard InChI is InChI=1S/C23H24FN5O2/c1-15-21(16(2)29(27-15)19-9-4-3-5-10-19)22-23(31)25-11-12-28(22)14-20(30)26-18-8-6-7-17(24)13-18/h3-10,13,22H,11-12,14H2,1-2H3,(H,25,31)(H,26,30)/t22-/m1/s1. The van der Waals surface area contributed by atoms with Gasteiger partial charge < -0.3 is 10.6 Å². The van der Waals surface area contributed by atoms with E-state index in [-0.39, 0.29) is 18.4 Å². The summed E-state index contributed by atoms with van der Waals surface area (Å²) in [7, 11) is 0. The molecule has 7 nitrogen and oxygen atoms in total. The van der Waals surface area contributed by atoms with Crippen molar-refractivity contribution in [2.75, 3.05) is 25.0 Å². The summed E-state index contributed by atoms with van der Waals surface area (Å²) in [6, 6.07) is 14.8. The van der Waals surface area contributed by atoms with Crippen LogP contribution in [0.15, 0.2) is 54.6 Å². The highest BCUT2D eigenvalue weighted by Gasteiger charge is 2.36. The van der Waals surface area contributed by atoms with Gasteiger partial charge in [0.15, 0.2) is 0 Å². The maximum absolute atomic E-state index is 13.4. The van der Waals surface area contributed by atoms with Crippen LogP contribution in [0.1, 0.15) is 23.0 Å². The van der Waals surface area contributed by atoms with Gasteiger partial charge in [-0.2, -0.15) is 5.10 Å². The number of hydrogen-bond acceptors (Lipinski definition) is 4. The van der Waals surface area contributed by atoms with E-state index in [1.165, 1.54) is 18.2 Å². The zero-order valence-electron chi connectivity index (χ0n) is 17.4. The van der Waals surface area contributed by atoms with Gasteiger partial charge in [-0.1, -0.05) is 24.3 Å². The first-order valence-electron chi connectivity index (χ1n) is 10.1. The molecule has 2 heterocycles. The Bertz CT molecular complexity index is 1110. The fourth-order valence-electron chi connectivity index (χ4n) is 4.02. The Labute approximate surface area is 179 Å². The van der Waals surface area contributed by atoms with Gasteiger partial charge in [0.05, 0.1) is 17.9 Å². The summed E-state index contributed by atoms with van der Waals surface area (Å²) < 4.78 is 15.2. The molecule has 2 amide bonds. The van der Waals surface area contributed by atoms with Crippen molar-refractivity contribution in [3.63, 3.8) is 0 Å². The number of hydrogen-bond donors (Lipinski definition) is 2. The van der Waals surface area contributed by atoms with E-state index in [4.69, 9.17) is 0 Å². The van der Waals surface area contributed by atoms with Gasteiger partial charge in [-0.3, -0.25) is 14.5 Å².